The zero-order chi connectivity index (χ0) is 12.0. The van der Waals surface area contributed by atoms with Gasteiger partial charge in [-0.05, 0) is 25.1 Å². The fourth-order valence-corrected chi connectivity index (χ4v) is 1.01. The third kappa shape index (κ3) is 6.10. The smallest absolute Gasteiger partial charge is 0.300 e. The maximum Gasteiger partial charge on any atom is 0.300 e. The number of hydrogen-bond acceptors (Lipinski definition) is 2. The van der Waals surface area contributed by atoms with E-state index in [4.69, 9.17) is 33.1 Å². The van der Waals surface area contributed by atoms with Crippen molar-refractivity contribution >= 4 is 35.0 Å². The number of aliphatic carboxylic acids is 1. The predicted molar refractivity (Wildman–Crippen MR) is 59.8 cm³/mol. The van der Waals surface area contributed by atoms with Crippen molar-refractivity contribution in [2.75, 3.05) is 0 Å². The molecule has 0 aliphatic carbocycles. The number of rotatable bonds is 1. The Morgan fingerprint density at radius 3 is 1.93 bits per heavy atom. The Balaban J connectivity index is 0.000000423. The average molecular weight is 249 g/mol. The maximum absolute atomic E-state index is 10.8. The zero-order valence-corrected chi connectivity index (χ0v) is 9.76. The van der Waals surface area contributed by atoms with Gasteiger partial charge in [-0.25, -0.2) is 0 Å². The summed E-state index contributed by atoms with van der Waals surface area (Å²) in [7, 11) is 0. The van der Waals surface area contributed by atoms with E-state index >= 15 is 0 Å². The van der Waals surface area contributed by atoms with Gasteiger partial charge in [0.1, 0.15) is 0 Å². The van der Waals surface area contributed by atoms with Crippen molar-refractivity contribution in [1.29, 1.82) is 0 Å². The summed E-state index contributed by atoms with van der Waals surface area (Å²) in [4.78, 5) is 19.8. The van der Waals surface area contributed by atoms with Crippen LogP contribution in [0.4, 0.5) is 0 Å². The molecular weight excluding hydrogens is 239 g/mol. The van der Waals surface area contributed by atoms with Gasteiger partial charge in [-0.2, -0.15) is 0 Å². The van der Waals surface area contributed by atoms with E-state index in [2.05, 4.69) is 0 Å². The first kappa shape index (κ1) is 13.9. The summed E-state index contributed by atoms with van der Waals surface area (Å²) in [5.74, 6) is -0.844. The summed E-state index contributed by atoms with van der Waals surface area (Å²) in [6.45, 7) is 2.57. The Hall–Kier alpha value is -1.06. The molecule has 1 aromatic rings. The molecule has 5 heteroatoms. The summed E-state index contributed by atoms with van der Waals surface area (Å²) < 4.78 is 0. The molecule has 1 aromatic carbocycles. The second-order valence-corrected chi connectivity index (χ2v) is 3.52. The third-order valence-corrected chi connectivity index (χ3v) is 2.07. The topological polar surface area (TPSA) is 54.4 Å². The van der Waals surface area contributed by atoms with Crippen LogP contribution in [0.25, 0.3) is 0 Å². The molecule has 0 fully saturated rings. The van der Waals surface area contributed by atoms with Gasteiger partial charge in [0, 0.05) is 12.5 Å². The third-order valence-electron chi connectivity index (χ3n) is 1.33. The fraction of sp³-hybridized carbons (Fsp3) is 0.200. The molecule has 0 aliphatic heterocycles. The van der Waals surface area contributed by atoms with E-state index in [1.165, 1.54) is 6.92 Å². The van der Waals surface area contributed by atoms with E-state index in [1.807, 2.05) is 0 Å². The van der Waals surface area contributed by atoms with Crippen LogP contribution >= 0.6 is 23.2 Å². The highest BCUT2D eigenvalue weighted by Crippen LogP contribution is 2.22. The van der Waals surface area contributed by atoms with Gasteiger partial charge in [-0.15, -0.1) is 0 Å². The lowest BCUT2D eigenvalue weighted by molar-refractivity contribution is -0.134. The number of carbonyl (C=O) groups excluding carboxylic acids is 1. The summed E-state index contributed by atoms with van der Waals surface area (Å²) in [6, 6.07) is 4.82. The molecule has 0 aliphatic rings. The number of ketones is 1. The van der Waals surface area contributed by atoms with Gasteiger partial charge in [0.05, 0.1) is 10.0 Å². The van der Waals surface area contributed by atoms with Crippen LogP contribution in [0.15, 0.2) is 18.2 Å². The Morgan fingerprint density at radius 2 is 1.60 bits per heavy atom. The predicted octanol–water partition coefficient (Wildman–Crippen LogP) is 3.29. The van der Waals surface area contributed by atoms with E-state index in [-0.39, 0.29) is 5.78 Å². The molecule has 0 saturated heterocycles. The Kier molecular flexibility index (Phi) is 5.97. The summed E-state index contributed by atoms with van der Waals surface area (Å²) in [5, 5.41) is 8.30. The zero-order valence-electron chi connectivity index (χ0n) is 8.25. The maximum atomic E-state index is 10.8. The first-order chi connectivity index (χ1) is 6.84. The number of Topliss-reactive ketones (excluding diaryl/α,β-unsaturated/α-hetero) is 1. The largest absolute Gasteiger partial charge is 0.481 e. The van der Waals surface area contributed by atoms with Crippen LogP contribution in [0.5, 0.6) is 0 Å². The number of carboxylic acid groups (broad SMARTS) is 1. The molecular formula is C10H10Cl2O3. The lowest BCUT2D eigenvalue weighted by atomic mass is 10.1. The molecule has 82 valence electrons. The van der Waals surface area contributed by atoms with Crippen LogP contribution in [-0.2, 0) is 4.79 Å². The molecule has 0 radical (unpaired) electrons. The second kappa shape index (κ2) is 6.43. The highest BCUT2D eigenvalue weighted by atomic mass is 35.5. The van der Waals surface area contributed by atoms with Crippen molar-refractivity contribution in [3.05, 3.63) is 33.8 Å². The number of halogens is 2. The minimum absolute atomic E-state index is 0.0106. The number of benzene rings is 1. The van der Waals surface area contributed by atoms with Gasteiger partial charge in [-0.1, -0.05) is 23.2 Å². The molecule has 0 bridgehead atoms. The molecule has 0 spiro atoms. The van der Waals surface area contributed by atoms with Crippen molar-refractivity contribution in [2.24, 2.45) is 0 Å². The van der Waals surface area contributed by atoms with Crippen LogP contribution in [0.2, 0.25) is 10.0 Å². The molecule has 1 N–H and O–H groups in total. The highest BCUT2D eigenvalue weighted by molar-refractivity contribution is 6.42. The lowest BCUT2D eigenvalue weighted by Gasteiger charge is -1.97. The quantitative estimate of drug-likeness (QED) is 0.777. The molecule has 3 nitrogen and oxygen atoms in total. The first-order valence-corrected chi connectivity index (χ1v) is 4.75. The van der Waals surface area contributed by atoms with Crippen LogP contribution in [0, 0.1) is 0 Å². The molecule has 0 aromatic heterocycles. The fourth-order valence-electron chi connectivity index (χ4n) is 0.715. The van der Waals surface area contributed by atoms with E-state index in [1.54, 1.807) is 18.2 Å². The molecule has 15 heavy (non-hydrogen) atoms. The summed E-state index contributed by atoms with van der Waals surface area (Å²) in [6.07, 6.45) is 0. The van der Waals surface area contributed by atoms with Gasteiger partial charge in [0.2, 0.25) is 0 Å². The normalized spacial score (nSPS) is 8.80. The molecule has 0 unspecified atom stereocenters. The number of carboxylic acids is 1. The van der Waals surface area contributed by atoms with Crippen LogP contribution in [0.1, 0.15) is 24.2 Å². The summed E-state index contributed by atoms with van der Waals surface area (Å²) in [5.41, 5.74) is 0.583. The number of hydrogen-bond donors (Lipinski definition) is 1. The minimum atomic E-state index is -0.833. The van der Waals surface area contributed by atoms with Crippen molar-refractivity contribution in [2.45, 2.75) is 13.8 Å². The van der Waals surface area contributed by atoms with Crippen molar-refractivity contribution in [1.82, 2.24) is 0 Å². The van der Waals surface area contributed by atoms with E-state index in [0.717, 1.165) is 6.92 Å². The van der Waals surface area contributed by atoms with E-state index < -0.39 is 5.97 Å². The van der Waals surface area contributed by atoms with Crippen LogP contribution < -0.4 is 0 Å². The number of carbonyl (C=O) groups is 2. The van der Waals surface area contributed by atoms with Crippen molar-refractivity contribution in [3.8, 4) is 0 Å². The first-order valence-electron chi connectivity index (χ1n) is 4.00. The van der Waals surface area contributed by atoms with Gasteiger partial charge >= 0.3 is 0 Å². The molecule has 1 rings (SSSR count). The minimum Gasteiger partial charge on any atom is -0.481 e. The van der Waals surface area contributed by atoms with E-state index in [9.17, 15) is 4.79 Å². The molecule has 0 amide bonds. The van der Waals surface area contributed by atoms with Gasteiger partial charge in [0.15, 0.2) is 5.78 Å². The van der Waals surface area contributed by atoms with Gasteiger partial charge in [0.25, 0.3) is 5.97 Å². The lowest BCUT2D eigenvalue weighted by Crippen LogP contribution is -1.90. The monoisotopic (exact) mass is 248 g/mol. The Bertz CT molecular complexity index is 371. The van der Waals surface area contributed by atoms with Crippen molar-refractivity contribution < 1.29 is 14.7 Å². The van der Waals surface area contributed by atoms with Gasteiger partial charge < -0.3 is 5.11 Å². The molecule has 0 atom stereocenters. The standard InChI is InChI=1S/C8H6Cl2O.C2H4O2/c1-5(11)6-2-3-7(9)8(10)4-6;1-2(3)4/h2-4H,1H3;1H3,(H,3,4). The van der Waals surface area contributed by atoms with Crippen LogP contribution in [-0.4, -0.2) is 16.9 Å². The Labute approximate surface area is 97.6 Å². The van der Waals surface area contributed by atoms with E-state index in [0.29, 0.717) is 15.6 Å². The van der Waals surface area contributed by atoms with Gasteiger partial charge in [-0.3, -0.25) is 9.59 Å². The second-order valence-electron chi connectivity index (χ2n) is 2.70. The summed E-state index contributed by atoms with van der Waals surface area (Å²) >= 11 is 11.3. The van der Waals surface area contributed by atoms with Crippen molar-refractivity contribution in [3.63, 3.8) is 0 Å². The van der Waals surface area contributed by atoms with Crippen LogP contribution in [0.3, 0.4) is 0 Å². The molecule has 0 heterocycles. The average Bonchev–Trinajstić information content (AvgIpc) is 2.08. The Morgan fingerprint density at radius 1 is 1.13 bits per heavy atom. The SMILES string of the molecule is CC(=O)O.CC(=O)c1ccc(Cl)c(Cl)c1. The highest BCUT2D eigenvalue weighted by Gasteiger charge is 2.01. The molecule has 0 saturated carbocycles.